The third-order valence-electron chi connectivity index (χ3n) is 2.33. The molecule has 1 aromatic heterocycles. The van der Waals surface area contributed by atoms with E-state index in [1.165, 1.54) is 0 Å². The minimum absolute atomic E-state index is 0.0520. The first-order valence-electron chi connectivity index (χ1n) is 4.55. The first kappa shape index (κ1) is 9.14. The van der Waals surface area contributed by atoms with Crippen LogP contribution in [0.4, 0.5) is 0 Å². The van der Waals surface area contributed by atoms with Crippen LogP contribution >= 0.6 is 0 Å². The predicted molar refractivity (Wildman–Crippen MR) is 47.2 cm³/mol. The fraction of sp³-hybridized carbons (Fsp3) is 0.625. The van der Waals surface area contributed by atoms with Crippen LogP contribution in [0.2, 0.25) is 0 Å². The van der Waals surface area contributed by atoms with Crippen molar-refractivity contribution in [3.63, 3.8) is 0 Å². The molecule has 1 heterocycles. The Labute approximate surface area is 80.6 Å². The summed E-state index contributed by atoms with van der Waals surface area (Å²) < 4.78 is 4.83. The van der Waals surface area contributed by atoms with Gasteiger partial charge in [0.15, 0.2) is 0 Å². The lowest BCUT2D eigenvalue weighted by Crippen LogP contribution is -2.25. The molecule has 0 aliphatic heterocycles. The van der Waals surface area contributed by atoms with Gasteiger partial charge in [-0.2, -0.15) is 4.98 Å². The molecule has 1 saturated carbocycles. The highest BCUT2D eigenvalue weighted by atomic mass is 16.5. The van der Waals surface area contributed by atoms with E-state index in [1.54, 1.807) is 0 Å². The van der Waals surface area contributed by atoms with Crippen molar-refractivity contribution in [3.8, 4) is 0 Å². The Bertz CT molecular complexity index is 345. The minimum Gasteiger partial charge on any atom is -0.363 e. The van der Waals surface area contributed by atoms with Crippen LogP contribution in [0.25, 0.3) is 0 Å². The second-order valence-electron chi connectivity index (χ2n) is 3.58. The monoisotopic (exact) mass is 196 g/mol. The number of hydrogen-bond donors (Lipinski definition) is 2. The highest BCUT2D eigenvalue weighted by Crippen LogP contribution is 2.32. The van der Waals surface area contributed by atoms with E-state index in [0.29, 0.717) is 18.2 Å². The van der Waals surface area contributed by atoms with Gasteiger partial charge in [-0.15, -0.1) is 0 Å². The van der Waals surface area contributed by atoms with Crippen LogP contribution in [0, 0.1) is 5.92 Å². The van der Waals surface area contributed by atoms with E-state index in [2.05, 4.69) is 10.1 Å². The van der Waals surface area contributed by atoms with Crippen LogP contribution in [0.15, 0.2) is 4.52 Å². The Balaban J connectivity index is 1.98. The highest BCUT2D eigenvalue weighted by Gasteiger charge is 2.29. The first-order valence-corrected chi connectivity index (χ1v) is 4.55. The molecule has 0 bridgehead atoms. The van der Waals surface area contributed by atoms with Gasteiger partial charge in [-0.3, -0.25) is 4.79 Å². The van der Waals surface area contributed by atoms with E-state index in [1.807, 2.05) is 0 Å². The zero-order chi connectivity index (χ0) is 10.1. The molecule has 0 saturated heterocycles. The highest BCUT2D eigenvalue weighted by molar-refractivity contribution is 5.88. The molecular formula is C8H12N4O2. The molecule has 1 aromatic rings. The second-order valence-corrected chi connectivity index (χ2v) is 3.58. The Hall–Kier alpha value is -1.43. The Morgan fingerprint density at radius 1 is 1.64 bits per heavy atom. The Kier molecular flexibility index (Phi) is 2.20. The SMILES string of the molecule is NC(=O)c1noc(CC(N)C2CC2)n1. The normalized spacial score (nSPS) is 18.1. The van der Waals surface area contributed by atoms with Gasteiger partial charge in [-0.1, -0.05) is 5.16 Å². The third-order valence-corrected chi connectivity index (χ3v) is 2.33. The summed E-state index contributed by atoms with van der Waals surface area (Å²) in [5.74, 6) is 0.195. The zero-order valence-corrected chi connectivity index (χ0v) is 7.64. The number of aromatic nitrogens is 2. The van der Waals surface area contributed by atoms with Gasteiger partial charge in [0.2, 0.25) is 5.89 Å². The maximum absolute atomic E-state index is 10.7. The molecule has 6 heteroatoms. The average Bonchev–Trinajstić information content (AvgIpc) is 2.87. The molecule has 4 N–H and O–H groups in total. The van der Waals surface area contributed by atoms with Crippen molar-refractivity contribution in [1.29, 1.82) is 0 Å². The lowest BCUT2D eigenvalue weighted by molar-refractivity contribution is 0.0987. The summed E-state index contributed by atoms with van der Waals surface area (Å²) >= 11 is 0. The number of nitrogens with zero attached hydrogens (tertiary/aromatic N) is 2. The van der Waals surface area contributed by atoms with Crippen molar-refractivity contribution in [2.75, 3.05) is 0 Å². The van der Waals surface area contributed by atoms with E-state index in [9.17, 15) is 4.79 Å². The Morgan fingerprint density at radius 3 is 2.86 bits per heavy atom. The molecule has 14 heavy (non-hydrogen) atoms. The van der Waals surface area contributed by atoms with E-state index >= 15 is 0 Å². The minimum atomic E-state index is -0.681. The third kappa shape index (κ3) is 1.90. The summed E-state index contributed by atoms with van der Waals surface area (Å²) in [5.41, 5.74) is 10.8. The Morgan fingerprint density at radius 2 is 2.36 bits per heavy atom. The van der Waals surface area contributed by atoms with Crippen LogP contribution in [-0.2, 0) is 6.42 Å². The molecule has 2 rings (SSSR count). The first-order chi connectivity index (χ1) is 6.66. The average molecular weight is 196 g/mol. The molecule has 0 aromatic carbocycles. The number of amides is 1. The lowest BCUT2D eigenvalue weighted by Gasteiger charge is -2.04. The number of rotatable bonds is 4. The number of carbonyl (C=O) groups is 1. The van der Waals surface area contributed by atoms with Crippen LogP contribution in [-0.4, -0.2) is 22.1 Å². The van der Waals surface area contributed by atoms with Crippen LogP contribution in [0.3, 0.4) is 0 Å². The standard InChI is InChI=1S/C8H12N4O2/c9-5(4-1-2-4)3-6-11-8(7(10)13)12-14-6/h4-5H,1-3,9H2,(H2,10,13). The summed E-state index contributed by atoms with van der Waals surface area (Å²) in [7, 11) is 0. The molecule has 0 radical (unpaired) electrons. The summed E-state index contributed by atoms with van der Waals surface area (Å²) in [5, 5.41) is 3.43. The van der Waals surface area contributed by atoms with Crippen molar-refractivity contribution >= 4 is 5.91 Å². The summed E-state index contributed by atoms with van der Waals surface area (Å²) in [6, 6.07) is 0.0520. The molecule has 0 spiro atoms. The summed E-state index contributed by atoms with van der Waals surface area (Å²) in [4.78, 5) is 14.5. The zero-order valence-electron chi connectivity index (χ0n) is 7.64. The van der Waals surface area contributed by atoms with Gasteiger partial charge >= 0.3 is 0 Å². The summed E-state index contributed by atoms with van der Waals surface area (Å²) in [6.45, 7) is 0. The molecule has 76 valence electrons. The fourth-order valence-electron chi connectivity index (χ4n) is 1.33. The van der Waals surface area contributed by atoms with Gasteiger partial charge in [0.25, 0.3) is 11.7 Å². The van der Waals surface area contributed by atoms with E-state index in [-0.39, 0.29) is 11.9 Å². The smallest absolute Gasteiger partial charge is 0.290 e. The van der Waals surface area contributed by atoms with Crippen molar-refractivity contribution in [2.45, 2.75) is 25.3 Å². The number of hydrogen-bond acceptors (Lipinski definition) is 5. The number of carbonyl (C=O) groups excluding carboxylic acids is 1. The van der Waals surface area contributed by atoms with Crippen LogP contribution in [0.1, 0.15) is 29.4 Å². The molecule has 1 amide bonds. The van der Waals surface area contributed by atoms with Crippen LogP contribution in [0.5, 0.6) is 0 Å². The molecular weight excluding hydrogens is 184 g/mol. The van der Waals surface area contributed by atoms with Gasteiger partial charge in [0, 0.05) is 12.5 Å². The van der Waals surface area contributed by atoms with Gasteiger partial charge in [0.05, 0.1) is 0 Å². The van der Waals surface area contributed by atoms with Crippen molar-refractivity contribution in [2.24, 2.45) is 17.4 Å². The van der Waals surface area contributed by atoms with Crippen molar-refractivity contribution in [3.05, 3.63) is 11.7 Å². The fourth-order valence-corrected chi connectivity index (χ4v) is 1.33. The topological polar surface area (TPSA) is 108 Å². The molecule has 6 nitrogen and oxygen atoms in total. The maximum atomic E-state index is 10.7. The lowest BCUT2D eigenvalue weighted by atomic mass is 10.1. The molecule has 1 fully saturated rings. The molecule has 1 unspecified atom stereocenters. The molecule has 1 aliphatic rings. The second kappa shape index (κ2) is 3.38. The summed E-state index contributed by atoms with van der Waals surface area (Å²) in [6.07, 6.45) is 2.85. The maximum Gasteiger partial charge on any atom is 0.290 e. The number of nitrogens with two attached hydrogens (primary N) is 2. The van der Waals surface area contributed by atoms with E-state index < -0.39 is 5.91 Å². The van der Waals surface area contributed by atoms with Crippen molar-refractivity contribution in [1.82, 2.24) is 10.1 Å². The van der Waals surface area contributed by atoms with Gasteiger partial charge in [0.1, 0.15) is 0 Å². The quantitative estimate of drug-likeness (QED) is 0.671. The van der Waals surface area contributed by atoms with Gasteiger partial charge in [-0.25, -0.2) is 0 Å². The van der Waals surface area contributed by atoms with Crippen molar-refractivity contribution < 1.29 is 9.32 Å². The molecule has 1 atom stereocenters. The predicted octanol–water partition coefficient (Wildman–Crippen LogP) is -0.552. The number of primary amides is 1. The largest absolute Gasteiger partial charge is 0.363 e. The van der Waals surface area contributed by atoms with Gasteiger partial charge < -0.3 is 16.0 Å². The van der Waals surface area contributed by atoms with E-state index in [0.717, 1.165) is 12.8 Å². The van der Waals surface area contributed by atoms with Gasteiger partial charge in [-0.05, 0) is 18.8 Å². The molecule has 1 aliphatic carbocycles. The van der Waals surface area contributed by atoms with Crippen LogP contribution < -0.4 is 11.5 Å². The van der Waals surface area contributed by atoms with E-state index in [4.69, 9.17) is 16.0 Å².